The van der Waals surface area contributed by atoms with Crippen LogP contribution in [0.15, 0.2) is 23.5 Å². The average molecular weight is 293 g/mol. The summed E-state index contributed by atoms with van der Waals surface area (Å²) in [6.07, 6.45) is 10.8. The van der Waals surface area contributed by atoms with Crippen LogP contribution >= 0.6 is 0 Å². The Morgan fingerprint density at radius 2 is 2.00 bits per heavy atom. The van der Waals surface area contributed by atoms with E-state index in [4.69, 9.17) is 10.5 Å². The molecule has 120 valence electrons. The van der Waals surface area contributed by atoms with Crippen molar-refractivity contribution < 1.29 is 9.53 Å². The molecule has 1 rings (SSSR count). The van der Waals surface area contributed by atoms with Gasteiger partial charge >= 0.3 is 0 Å². The lowest BCUT2D eigenvalue weighted by atomic mass is 9.82. The van der Waals surface area contributed by atoms with Crippen molar-refractivity contribution in [2.24, 2.45) is 11.1 Å². The molecule has 0 radical (unpaired) electrons. The van der Waals surface area contributed by atoms with Gasteiger partial charge < -0.3 is 10.5 Å². The molecule has 0 fully saturated rings. The number of ether oxygens (including phenoxy) is 1. The molecule has 2 N–H and O–H groups in total. The molecule has 1 aliphatic rings. The topological polar surface area (TPSA) is 52.3 Å². The van der Waals surface area contributed by atoms with Gasteiger partial charge in [-0.25, -0.2) is 0 Å². The highest BCUT2D eigenvalue weighted by atomic mass is 16.5. The van der Waals surface area contributed by atoms with E-state index < -0.39 is 0 Å². The predicted octanol–water partition coefficient (Wildman–Crippen LogP) is 4.13. The Bertz CT molecular complexity index is 390. The Kier molecular flexibility index (Phi) is 7.73. The Hall–Kier alpha value is -1.09. The first-order valence-electron chi connectivity index (χ1n) is 8.31. The minimum absolute atomic E-state index is 0.163. The van der Waals surface area contributed by atoms with Crippen LogP contribution in [0.1, 0.15) is 65.7 Å². The lowest BCUT2D eigenvalue weighted by Gasteiger charge is -2.29. The van der Waals surface area contributed by atoms with Gasteiger partial charge in [-0.2, -0.15) is 0 Å². The standard InChI is InChI=1S/C18H31NO2/c1-4-10-18(3,11-5-2)14-21-16-8-6-7-15(13-16)17(20)9-12-19/h8,13H,4-7,9-12,14,19H2,1-3H3. The van der Waals surface area contributed by atoms with Crippen molar-refractivity contribution in [1.29, 1.82) is 0 Å². The van der Waals surface area contributed by atoms with Gasteiger partial charge in [0, 0.05) is 11.8 Å². The SMILES string of the molecule is CCCC(C)(CCC)COC1=CCCC(C(=O)CCN)=C1. The van der Waals surface area contributed by atoms with Crippen LogP contribution in [0.25, 0.3) is 0 Å². The van der Waals surface area contributed by atoms with Gasteiger partial charge in [0.25, 0.3) is 0 Å². The summed E-state index contributed by atoms with van der Waals surface area (Å²) in [6.45, 7) is 7.89. The molecule has 0 aromatic rings. The van der Waals surface area contributed by atoms with Crippen molar-refractivity contribution in [3.63, 3.8) is 0 Å². The molecule has 0 atom stereocenters. The fourth-order valence-electron chi connectivity index (χ4n) is 3.02. The first-order chi connectivity index (χ1) is 10.0. The van der Waals surface area contributed by atoms with Crippen molar-refractivity contribution in [1.82, 2.24) is 0 Å². The van der Waals surface area contributed by atoms with E-state index in [0.29, 0.717) is 13.0 Å². The summed E-state index contributed by atoms with van der Waals surface area (Å²) in [5.41, 5.74) is 6.56. The van der Waals surface area contributed by atoms with Crippen molar-refractivity contribution >= 4 is 5.78 Å². The second-order valence-electron chi connectivity index (χ2n) is 6.38. The number of carbonyl (C=O) groups is 1. The van der Waals surface area contributed by atoms with Crippen LogP contribution in [0.5, 0.6) is 0 Å². The Labute approximate surface area is 129 Å². The summed E-state index contributed by atoms with van der Waals surface area (Å²) in [7, 11) is 0. The number of hydrogen-bond donors (Lipinski definition) is 1. The van der Waals surface area contributed by atoms with E-state index in [9.17, 15) is 4.79 Å². The zero-order valence-corrected chi connectivity index (χ0v) is 13.9. The van der Waals surface area contributed by atoms with Gasteiger partial charge in [-0.3, -0.25) is 4.79 Å². The third kappa shape index (κ3) is 6.04. The zero-order valence-electron chi connectivity index (χ0n) is 13.9. The molecule has 3 nitrogen and oxygen atoms in total. The first kappa shape index (κ1) is 18.0. The maximum absolute atomic E-state index is 11.9. The van der Waals surface area contributed by atoms with Crippen molar-refractivity contribution in [3.8, 4) is 0 Å². The number of ketones is 1. The van der Waals surface area contributed by atoms with Crippen LogP contribution in [0.4, 0.5) is 0 Å². The summed E-state index contributed by atoms with van der Waals surface area (Å²) in [5, 5.41) is 0. The number of rotatable bonds is 10. The molecule has 0 spiro atoms. The van der Waals surface area contributed by atoms with E-state index in [1.54, 1.807) is 0 Å². The molecule has 0 heterocycles. The number of Topliss-reactive ketones (excluding diaryl/α,β-unsaturated/α-hetero) is 1. The number of hydrogen-bond acceptors (Lipinski definition) is 3. The predicted molar refractivity (Wildman–Crippen MR) is 88.0 cm³/mol. The highest BCUT2D eigenvalue weighted by Gasteiger charge is 2.24. The van der Waals surface area contributed by atoms with Gasteiger partial charge in [0.05, 0.1) is 6.61 Å². The van der Waals surface area contributed by atoms with Crippen LogP contribution in [-0.4, -0.2) is 18.9 Å². The van der Waals surface area contributed by atoms with E-state index in [2.05, 4.69) is 26.8 Å². The third-order valence-electron chi connectivity index (χ3n) is 4.10. The molecule has 21 heavy (non-hydrogen) atoms. The Balaban J connectivity index is 2.61. The lowest BCUT2D eigenvalue weighted by Crippen LogP contribution is -2.23. The van der Waals surface area contributed by atoms with Crippen molar-refractivity contribution in [2.75, 3.05) is 13.2 Å². The normalized spacial score (nSPS) is 15.4. The second-order valence-corrected chi connectivity index (χ2v) is 6.38. The molecule has 0 unspecified atom stereocenters. The van der Waals surface area contributed by atoms with Crippen LogP contribution in [0.2, 0.25) is 0 Å². The van der Waals surface area contributed by atoms with Crippen LogP contribution in [0, 0.1) is 5.41 Å². The summed E-state index contributed by atoms with van der Waals surface area (Å²) in [5.74, 6) is 1.02. The maximum atomic E-state index is 11.9. The molecule has 3 heteroatoms. The van der Waals surface area contributed by atoms with Gasteiger partial charge in [-0.05, 0) is 50.0 Å². The van der Waals surface area contributed by atoms with E-state index in [-0.39, 0.29) is 11.2 Å². The largest absolute Gasteiger partial charge is 0.493 e. The monoisotopic (exact) mass is 293 g/mol. The maximum Gasteiger partial charge on any atom is 0.160 e. The van der Waals surface area contributed by atoms with Gasteiger partial charge in [-0.15, -0.1) is 0 Å². The van der Waals surface area contributed by atoms with Gasteiger partial charge in [0.1, 0.15) is 5.76 Å². The van der Waals surface area contributed by atoms with Gasteiger partial charge in [0.2, 0.25) is 0 Å². The lowest BCUT2D eigenvalue weighted by molar-refractivity contribution is -0.115. The minimum atomic E-state index is 0.163. The minimum Gasteiger partial charge on any atom is -0.493 e. The van der Waals surface area contributed by atoms with Crippen LogP contribution < -0.4 is 5.73 Å². The molecule has 0 amide bonds. The molecule has 0 aromatic heterocycles. The zero-order chi connectivity index (χ0) is 15.7. The molecular formula is C18H31NO2. The van der Waals surface area contributed by atoms with Crippen molar-refractivity contribution in [3.05, 3.63) is 23.5 Å². The summed E-state index contributed by atoms with van der Waals surface area (Å²) >= 11 is 0. The van der Waals surface area contributed by atoms with E-state index in [1.807, 2.05) is 6.08 Å². The molecule has 0 bridgehead atoms. The molecule has 0 aromatic carbocycles. The van der Waals surface area contributed by atoms with Crippen LogP contribution in [0.3, 0.4) is 0 Å². The van der Waals surface area contributed by atoms with Gasteiger partial charge in [0.15, 0.2) is 5.78 Å². The molecule has 0 saturated carbocycles. The summed E-state index contributed by atoms with van der Waals surface area (Å²) in [4.78, 5) is 11.9. The summed E-state index contributed by atoms with van der Waals surface area (Å²) in [6, 6.07) is 0. The first-order valence-corrected chi connectivity index (χ1v) is 8.31. The molecule has 0 saturated heterocycles. The Morgan fingerprint density at radius 1 is 1.33 bits per heavy atom. The van der Waals surface area contributed by atoms with Gasteiger partial charge in [-0.1, -0.05) is 33.6 Å². The quantitative estimate of drug-likeness (QED) is 0.659. The van der Waals surface area contributed by atoms with Crippen LogP contribution in [-0.2, 0) is 9.53 Å². The van der Waals surface area contributed by atoms with E-state index >= 15 is 0 Å². The third-order valence-corrected chi connectivity index (χ3v) is 4.10. The molecule has 0 aliphatic heterocycles. The molecule has 1 aliphatic carbocycles. The highest BCUT2D eigenvalue weighted by molar-refractivity contribution is 5.96. The van der Waals surface area contributed by atoms with Crippen molar-refractivity contribution in [2.45, 2.75) is 65.7 Å². The smallest absolute Gasteiger partial charge is 0.160 e. The molecular weight excluding hydrogens is 262 g/mol. The average Bonchev–Trinajstić information content (AvgIpc) is 2.46. The summed E-state index contributed by atoms with van der Waals surface area (Å²) < 4.78 is 6.01. The second kappa shape index (κ2) is 9.04. The van der Waals surface area contributed by atoms with E-state index in [1.165, 1.54) is 25.7 Å². The Morgan fingerprint density at radius 3 is 2.57 bits per heavy atom. The van der Waals surface area contributed by atoms with E-state index in [0.717, 1.165) is 30.8 Å². The fourth-order valence-corrected chi connectivity index (χ4v) is 3.02. The number of allylic oxidation sites excluding steroid dienone is 3. The highest BCUT2D eigenvalue weighted by Crippen LogP contribution is 2.31. The number of nitrogens with two attached hydrogens (primary N) is 1. The number of carbonyl (C=O) groups excluding carboxylic acids is 1. The fraction of sp³-hybridized carbons (Fsp3) is 0.722.